The lowest BCUT2D eigenvalue weighted by atomic mass is 10.0. The van der Waals surface area contributed by atoms with Gasteiger partial charge in [-0.25, -0.2) is 0 Å². The Hall–Kier alpha value is -2.44. The molecule has 0 aromatic heterocycles. The van der Waals surface area contributed by atoms with Crippen molar-refractivity contribution in [3.63, 3.8) is 0 Å². The molecule has 0 saturated carbocycles. The summed E-state index contributed by atoms with van der Waals surface area (Å²) < 4.78 is 5.47. The molecule has 3 N–H and O–H groups in total. The average molecular weight is 967 g/mol. The van der Waals surface area contributed by atoms with Gasteiger partial charge < -0.3 is 20.3 Å². The molecule has 0 aromatic rings. The second kappa shape index (κ2) is 58.1. The van der Waals surface area contributed by atoms with Crippen molar-refractivity contribution >= 4 is 11.9 Å². The van der Waals surface area contributed by atoms with Crippen molar-refractivity contribution in [1.82, 2.24) is 5.32 Å². The minimum absolute atomic E-state index is 0.0185. The van der Waals surface area contributed by atoms with Gasteiger partial charge in [0.1, 0.15) is 0 Å². The third-order valence-corrected chi connectivity index (χ3v) is 13.5. The summed E-state index contributed by atoms with van der Waals surface area (Å²) in [7, 11) is 0. The van der Waals surface area contributed by atoms with E-state index in [0.717, 1.165) is 83.5 Å². The van der Waals surface area contributed by atoms with E-state index in [4.69, 9.17) is 4.74 Å². The molecule has 0 aliphatic heterocycles. The first-order valence-corrected chi connectivity index (χ1v) is 30.1. The topological polar surface area (TPSA) is 95.9 Å². The van der Waals surface area contributed by atoms with Crippen molar-refractivity contribution < 1.29 is 24.5 Å². The van der Waals surface area contributed by atoms with E-state index < -0.39 is 12.1 Å². The van der Waals surface area contributed by atoms with Crippen molar-refractivity contribution in [2.45, 2.75) is 315 Å². The maximum atomic E-state index is 12.4. The first-order chi connectivity index (χ1) is 34.0. The molecule has 0 rings (SSSR count). The molecule has 6 nitrogen and oxygen atoms in total. The van der Waals surface area contributed by atoms with E-state index in [9.17, 15) is 19.8 Å². The number of esters is 1. The average Bonchev–Trinajstić information content (AvgIpc) is 3.35. The number of hydrogen-bond acceptors (Lipinski definition) is 5. The molecule has 0 aliphatic rings. The predicted octanol–water partition coefficient (Wildman–Crippen LogP) is 18.7. The van der Waals surface area contributed by atoms with Crippen LogP contribution < -0.4 is 5.32 Å². The lowest BCUT2D eigenvalue weighted by molar-refractivity contribution is -0.143. The number of amides is 1. The van der Waals surface area contributed by atoms with Crippen LogP contribution in [0.1, 0.15) is 303 Å². The molecule has 2 unspecified atom stereocenters. The Balaban J connectivity index is 3.49. The number of hydrogen-bond donors (Lipinski definition) is 3. The second-order valence-electron chi connectivity index (χ2n) is 20.3. The molecular formula is C63H115NO5. The van der Waals surface area contributed by atoms with Gasteiger partial charge in [0.05, 0.1) is 25.4 Å². The predicted molar refractivity (Wildman–Crippen MR) is 301 cm³/mol. The Morgan fingerprint density at radius 3 is 1.22 bits per heavy atom. The maximum Gasteiger partial charge on any atom is 0.305 e. The number of unbranched alkanes of at least 4 members (excludes halogenated alkanes) is 37. The molecule has 0 aliphatic carbocycles. The number of allylic oxidation sites excluding steroid dienone is 9. The monoisotopic (exact) mass is 966 g/mol. The summed E-state index contributed by atoms with van der Waals surface area (Å²) in [5, 5.41) is 23.1. The van der Waals surface area contributed by atoms with Crippen molar-refractivity contribution in [3.8, 4) is 0 Å². The molecule has 0 saturated heterocycles. The third-order valence-electron chi connectivity index (χ3n) is 13.5. The highest BCUT2D eigenvalue weighted by Gasteiger charge is 2.18. The first-order valence-electron chi connectivity index (χ1n) is 30.1. The van der Waals surface area contributed by atoms with E-state index in [1.165, 1.54) is 193 Å². The fourth-order valence-electron chi connectivity index (χ4n) is 8.89. The van der Waals surface area contributed by atoms with Gasteiger partial charge in [0.15, 0.2) is 0 Å². The minimum atomic E-state index is -0.852. The number of carbonyl (C=O) groups is 2. The Labute approximate surface area is 428 Å². The molecule has 2 atom stereocenters. The number of rotatable bonds is 55. The van der Waals surface area contributed by atoms with Crippen LogP contribution >= 0.6 is 0 Å². The molecule has 0 bridgehead atoms. The maximum absolute atomic E-state index is 12.4. The summed E-state index contributed by atoms with van der Waals surface area (Å²) in [6.07, 6.45) is 75.3. The van der Waals surface area contributed by atoms with Gasteiger partial charge in [-0.05, 0) is 96.3 Å². The van der Waals surface area contributed by atoms with E-state index >= 15 is 0 Å². The number of ether oxygens (including phenoxy) is 1. The minimum Gasteiger partial charge on any atom is -0.466 e. The van der Waals surface area contributed by atoms with Crippen LogP contribution in [-0.2, 0) is 14.3 Å². The molecule has 6 heteroatoms. The van der Waals surface area contributed by atoms with Crippen LogP contribution in [0.3, 0.4) is 0 Å². The largest absolute Gasteiger partial charge is 0.466 e. The van der Waals surface area contributed by atoms with Crippen molar-refractivity contribution in [3.05, 3.63) is 60.8 Å². The smallest absolute Gasteiger partial charge is 0.305 e. The lowest BCUT2D eigenvalue weighted by Gasteiger charge is -2.20. The van der Waals surface area contributed by atoms with Gasteiger partial charge in [-0.2, -0.15) is 0 Å². The van der Waals surface area contributed by atoms with E-state index in [-0.39, 0.29) is 18.5 Å². The summed E-state index contributed by atoms with van der Waals surface area (Å²) in [6.45, 7) is 4.83. The molecule has 402 valence electrons. The molecule has 0 fully saturated rings. The van der Waals surface area contributed by atoms with Crippen LogP contribution in [0, 0.1) is 0 Å². The van der Waals surface area contributed by atoms with Gasteiger partial charge in [0, 0.05) is 12.8 Å². The summed E-state index contributed by atoms with van der Waals surface area (Å²) >= 11 is 0. The third kappa shape index (κ3) is 54.7. The Bertz CT molecular complexity index is 1210. The lowest BCUT2D eigenvalue weighted by Crippen LogP contribution is -2.45. The van der Waals surface area contributed by atoms with Crippen LogP contribution in [0.15, 0.2) is 60.8 Å². The molecular weight excluding hydrogens is 851 g/mol. The summed E-state index contributed by atoms with van der Waals surface area (Å²) in [6, 6.07) is -0.637. The van der Waals surface area contributed by atoms with Gasteiger partial charge in [-0.1, -0.05) is 254 Å². The van der Waals surface area contributed by atoms with Crippen molar-refractivity contribution in [2.24, 2.45) is 0 Å². The van der Waals surface area contributed by atoms with Crippen LogP contribution in [-0.4, -0.2) is 47.4 Å². The highest BCUT2D eigenvalue weighted by atomic mass is 16.5. The number of carbonyl (C=O) groups excluding carboxylic acids is 2. The zero-order valence-electron chi connectivity index (χ0n) is 45.8. The zero-order chi connectivity index (χ0) is 50.0. The SMILES string of the molecule is CCCCC/C=C\C/C=C\CCCCCCCCCCCC(=O)OCCCCC/C=C\C=C/CCCCCCCCCCCCC(=O)NC(CO)C(O)/C=C/CCCCCCCCCCCCCC. The number of nitrogens with one attached hydrogen (secondary N) is 1. The summed E-state index contributed by atoms with van der Waals surface area (Å²) in [4.78, 5) is 24.5. The summed E-state index contributed by atoms with van der Waals surface area (Å²) in [5.74, 6) is -0.0972. The molecule has 1 amide bonds. The van der Waals surface area contributed by atoms with Crippen LogP contribution in [0.2, 0.25) is 0 Å². The highest BCUT2D eigenvalue weighted by Crippen LogP contribution is 2.16. The fourth-order valence-corrected chi connectivity index (χ4v) is 8.89. The van der Waals surface area contributed by atoms with Gasteiger partial charge in [-0.15, -0.1) is 0 Å². The molecule has 0 aromatic carbocycles. The van der Waals surface area contributed by atoms with E-state index in [1.54, 1.807) is 6.08 Å². The van der Waals surface area contributed by atoms with Gasteiger partial charge in [0.2, 0.25) is 5.91 Å². The number of aliphatic hydroxyl groups excluding tert-OH is 2. The Kier molecular flexibility index (Phi) is 56.1. The van der Waals surface area contributed by atoms with E-state index in [2.05, 4.69) is 67.8 Å². The zero-order valence-corrected chi connectivity index (χ0v) is 45.8. The first kappa shape index (κ1) is 66.6. The quantitative estimate of drug-likeness (QED) is 0.0244. The van der Waals surface area contributed by atoms with Crippen LogP contribution in [0.4, 0.5) is 0 Å². The second-order valence-corrected chi connectivity index (χ2v) is 20.3. The molecule has 0 heterocycles. The van der Waals surface area contributed by atoms with Crippen molar-refractivity contribution in [1.29, 1.82) is 0 Å². The van der Waals surface area contributed by atoms with E-state index in [0.29, 0.717) is 19.4 Å². The highest BCUT2D eigenvalue weighted by molar-refractivity contribution is 5.76. The van der Waals surface area contributed by atoms with Crippen LogP contribution in [0.5, 0.6) is 0 Å². The van der Waals surface area contributed by atoms with Gasteiger partial charge in [0.25, 0.3) is 0 Å². The molecule has 0 radical (unpaired) electrons. The number of aliphatic hydroxyl groups is 2. The van der Waals surface area contributed by atoms with E-state index in [1.807, 2.05) is 6.08 Å². The van der Waals surface area contributed by atoms with Gasteiger partial charge >= 0.3 is 5.97 Å². The normalized spacial score (nSPS) is 13.0. The fraction of sp³-hybridized carbons (Fsp3) is 0.810. The standard InChI is InChI=1S/C63H115NO5/c1-3-5-7-9-11-13-15-17-19-20-22-26-29-33-37-41-45-49-53-57-63(68)69-58-54-50-46-42-38-34-30-27-24-21-23-25-28-32-36-40-44-48-52-56-62(67)64-60(59-65)61(66)55-51-47-43-39-35-31-18-16-14-12-10-8-6-4-2/h11,13,17,19,27,30,34,38,51,55,60-61,65-66H,3-10,12,14-16,18,20-26,28-29,31-33,35-37,39-50,52-54,56-59H2,1-2H3,(H,64,67)/b13-11-,19-17-,30-27-,38-34-,55-51+. The molecule has 0 spiro atoms. The van der Waals surface area contributed by atoms with Gasteiger partial charge in [-0.3, -0.25) is 9.59 Å². The van der Waals surface area contributed by atoms with Crippen molar-refractivity contribution in [2.75, 3.05) is 13.2 Å². The Morgan fingerprint density at radius 2 is 0.768 bits per heavy atom. The summed E-state index contributed by atoms with van der Waals surface area (Å²) in [5.41, 5.74) is 0. The van der Waals surface area contributed by atoms with Crippen LogP contribution in [0.25, 0.3) is 0 Å². The Morgan fingerprint density at radius 1 is 0.420 bits per heavy atom. The molecule has 69 heavy (non-hydrogen) atoms.